The highest BCUT2D eigenvalue weighted by molar-refractivity contribution is 7.89. The van der Waals surface area contributed by atoms with Crippen molar-refractivity contribution in [3.05, 3.63) is 36.7 Å². The lowest BCUT2D eigenvalue weighted by Crippen LogP contribution is -2.25. The molecule has 0 spiro atoms. The number of benzene rings is 1. The Morgan fingerprint density at radius 3 is 2.82 bits per heavy atom. The van der Waals surface area contributed by atoms with Gasteiger partial charge in [0.1, 0.15) is 10.7 Å². The third-order valence-corrected chi connectivity index (χ3v) is 3.70. The van der Waals surface area contributed by atoms with Crippen LogP contribution in [0.5, 0.6) is 0 Å². The van der Waals surface area contributed by atoms with Gasteiger partial charge in [-0.3, -0.25) is 0 Å². The Hall–Kier alpha value is -1.40. The molecule has 0 atom stereocenters. The van der Waals surface area contributed by atoms with Crippen molar-refractivity contribution in [3.8, 4) is 0 Å². The number of para-hydroxylation sites is 1. The van der Waals surface area contributed by atoms with Gasteiger partial charge in [0.15, 0.2) is 0 Å². The number of halogens is 1. The number of sulfonamides is 1. The largest absolute Gasteiger partial charge is 0.395 e. The fourth-order valence-corrected chi connectivity index (χ4v) is 2.50. The fraction of sp³-hybridized carbons (Fsp3) is 0.273. The summed E-state index contributed by atoms with van der Waals surface area (Å²) in [5, 5.41) is 0. The van der Waals surface area contributed by atoms with E-state index in [9.17, 15) is 12.8 Å². The molecule has 3 N–H and O–H groups in total. The summed E-state index contributed by atoms with van der Waals surface area (Å²) in [6.07, 6.45) is 3.05. The summed E-state index contributed by atoms with van der Waals surface area (Å²) in [6, 6.07) is 3.70. The molecule has 1 rings (SSSR count). The molecule has 6 heteroatoms. The zero-order chi connectivity index (χ0) is 12.9. The lowest BCUT2D eigenvalue weighted by molar-refractivity contribution is 0.577. The van der Waals surface area contributed by atoms with Crippen LogP contribution in [0.4, 0.5) is 10.1 Å². The van der Waals surface area contributed by atoms with E-state index >= 15 is 0 Å². The van der Waals surface area contributed by atoms with Gasteiger partial charge in [0, 0.05) is 6.54 Å². The van der Waals surface area contributed by atoms with Crippen molar-refractivity contribution in [2.75, 3.05) is 12.3 Å². The number of nitrogen functional groups attached to an aromatic ring is 1. The van der Waals surface area contributed by atoms with E-state index in [0.717, 1.165) is 6.07 Å². The lowest BCUT2D eigenvalue weighted by atomic mass is 10.3. The summed E-state index contributed by atoms with van der Waals surface area (Å²) in [5.74, 6) is -0.737. The van der Waals surface area contributed by atoms with Crippen molar-refractivity contribution in [3.63, 3.8) is 0 Å². The van der Waals surface area contributed by atoms with E-state index in [2.05, 4.69) is 11.3 Å². The maximum atomic E-state index is 13.1. The average molecular weight is 258 g/mol. The number of hydrogen-bond donors (Lipinski definition) is 2. The average Bonchev–Trinajstić information content (AvgIpc) is 2.28. The number of allylic oxidation sites excluding steroid dienone is 1. The SMILES string of the molecule is C=CCCCNS(=O)(=O)c1cccc(F)c1N. The predicted octanol–water partition coefficient (Wildman–Crippen LogP) is 1.65. The molecule has 0 radical (unpaired) electrons. The van der Waals surface area contributed by atoms with Gasteiger partial charge in [0.25, 0.3) is 0 Å². The van der Waals surface area contributed by atoms with Crippen LogP contribution in [0.3, 0.4) is 0 Å². The normalized spacial score (nSPS) is 11.4. The Kier molecular flexibility index (Phi) is 4.65. The predicted molar refractivity (Wildman–Crippen MR) is 65.4 cm³/mol. The molecule has 94 valence electrons. The Balaban J connectivity index is 2.83. The number of nitrogens with one attached hydrogen (secondary N) is 1. The summed E-state index contributed by atoms with van der Waals surface area (Å²) < 4.78 is 39.0. The molecule has 0 fully saturated rings. The summed E-state index contributed by atoms with van der Waals surface area (Å²) in [5.41, 5.74) is 5.03. The van der Waals surface area contributed by atoms with Gasteiger partial charge < -0.3 is 5.73 Å². The fourth-order valence-electron chi connectivity index (χ4n) is 1.28. The number of rotatable bonds is 6. The van der Waals surface area contributed by atoms with Crippen molar-refractivity contribution < 1.29 is 12.8 Å². The van der Waals surface area contributed by atoms with E-state index in [1.807, 2.05) is 0 Å². The molecule has 0 saturated carbocycles. The van der Waals surface area contributed by atoms with Gasteiger partial charge in [-0.2, -0.15) is 0 Å². The van der Waals surface area contributed by atoms with Crippen molar-refractivity contribution >= 4 is 15.7 Å². The molecular formula is C11H15FN2O2S. The third kappa shape index (κ3) is 3.54. The molecule has 0 saturated heterocycles. The second-order valence-corrected chi connectivity index (χ2v) is 5.22. The molecule has 0 amide bonds. The van der Waals surface area contributed by atoms with Crippen LogP contribution in [0.1, 0.15) is 12.8 Å². The molecule has 0 aromatic heterocycles. The van der Waals surface area contributed by atoms with Crippen LogP contribution in [-0.2, 0) is 10.0 Å². The number of hydrogen-bond acceptors (Lipinski definition) is 3. The quantitative estimate of drug-likeness (QED) is 0.463. The zero-order valence-corrected chi connectivity index (χ0v) is 10.1. The first kappa shape index (κ1) is 13.7. The smallest absolute Gasteiger partial charge is 0.242 e. The highest BCUT2D eigenvalue weighted by Crippen LogP contribution is 2.20. The van der Waals surface area contributed by atoms with E-state index in [0.29, 0.717) is 12.8 Å². The Bertz CT molecular complexity index is 500. The number of unbranched alkanes of at least 4 members (excludes halogenated alkanes) is 1. The molecule has 0 aliphatic heterocycles. The van der Waals surface area contributed by atoms with Crippen LogP contribution >= 0.6 is 0 Å². The molecule has 17 heavy (non-hydrogen) atoms. The van der Waals surface area contributed by atoms with Crippen LogP contribution in [0, 0.1) is 5.82 Å². The highest BCUT2D eigenvalue weighted by Gasteiger charge is 2.18. The van der Waals surface area contributed by atoms with Crippen molar-refractivity contribution in [2.45, 2.75) is 17.7 Å². The van der Waals surface area contributed by atoms with Gasteiger partial charge in [-0.25, -0.2) is 17.5 Å². The van der Waals surface area contributed by atoms with Crippen molar-refractivity contribution in [2.24, 2.45) is 0 Å². The van der Waals surface area contributed by atoms with Crippen molar-refractivity contribution in [1.82, 2.24) is 4.72 Å². The molecule has 0 unspecified atom stereocenters. The Morgan fingerprint density at radius 1 is 1.47 bits per heavy atom. The monoisotopic (exact) mass is 258 g/mol. The molecule has 1 aromatic carbocycles. The number of nitrogens with two attached hydrogens (primary N) is 1. The van der Waals surface area contributed by atoms with Gasteiger partial charge in [0.2, 0.25) is 10.0 Å². The molecule has 4 nitrogen and oxygen atoms in total. The zero-order valence-electron chi connectivity index (χ0n) is 9.32. The lowest BCUT2D eigenvalue weighted by Gasteiger charge is -2.08. The van der Waals surface area contributed by atoms with Crippen LogP contribution in [0.25, 0.3) is 0 Å². The Morgan fingerprint density at radius 2 is 2.18 bits per heavy atom. The highest BCUT2D eigenvalue weighted by atomic mass is 32.2. The Labute approximate surface area is 100 Å². The van der Waals surface area contributed by atoms with Gasteiger partial charge >= 0.3 is 0 Å². The first-order valence-electron chi connectivity index (χ1n) is 5.13. The van der Waals surface area contributed by atoms with E-state index in [-0.39, 0.29) is 17.1 Å². The summed E-state index contributed by atoms with van der Waals surface area (Å²) in [6.45, 7) is 3.80. The summed E-state index contributed by atoms with van der Waals surface area (Å²) in [7, 11) is -3.74. The molecule has 0 aliphatic rings. The van der Waals surface area contributed by atoms with E-state index in [1.54, 1.807) is 6.08 Å². The molecule has 0 bridgehead atoms. The second kappa shape index (κ2) is 5.79. The summed E-state index contributed by atoms with van der Waals surface area (Å²) >= 11 is 0. The minimum absolute atomic E-state index is 0.226. The maximum Gasteiger partial charge on any atom is 0.242 e. The van der Waals surface area contributed by atoms with Crippen LogP contribution < -0.4 is 10.5 Å². The molecule has 1 aromatic rings. The topological polar surface area (TPSA) is 72.2 Å². The maximum absolute atomic E-state index is 13.1. The van der Waals surface area contributed by atoms with Crippen LogP contribution in [-0.4, -0.2) is 15.0 Å². The first-order chi connectivity index (χ1) is 7.99. The first-order valence-corrected chi connectivity index (χ1v) is 6.62. The van der Waals surface area contributed by atoms with Gasteiger partial charge in [0.05, 0.1) is 5.69 Å². The second-order valence-electron chi connectivity index (χ2n) is 3.48. The van der Waals surface area contributed by atoms with E-state index < -0.39 is 15.8 Å². The minimum atomic E-state index is -3.74. The van der Waals surface area contributed by atoms with Gasteiger partial charge in [-0.1, -0.05) is 12.1 Å². The van der Waals surface area contributed by atoms with Crippen LogP contribution in [0.2, 0.25) is 0 Å². The molecule has 0 heterocycles. The van der Waals surface area contributed by atoms with E-state index in [4.69, 9.17) is 5.73 Å². The number of anilines is 1. The summed E-state index contributed by atoms with van der Waals surface area (Å²) in [4.78, 5) is -0.226. The molecular weight excluding hydrogens is 243 g/mol. The van der Waals surface area contributed by atoms with E-state index in [1.165, 1.54) is 12.1 Å². The third-order valence-electron chi connectivity index (χ3n) is 2.18. The minimum Gasteiger partial charge on any atom is -0.395 e. The van der Waals surface area contributed by atoms with Crippen LogP contribution in [0.15, 0.2) is 35.7 Å². The standard InChI is InChI=1S/C11H15FN2O2S/c1-2-3-4-8-14-17(15,16)10-7-5-6-9(12)11(10)13/h2,5-7,14H,1,3-4,8,13H2. The van der Waals surface area contributed by atoms with Gasteiger partial charge in [-0.15, -0.1) is 6.58 Å². The van der Waals surface area contributed by atoms with Crippen molar-refractivity contribution in [1.29, 1.82) is 0 Å². The van der Waals surface area contributed by atoms with Gasteiger partial charge in [-0.05, 0) is 25.0 Å². The molecule has 0 aliphatic carbocycles.